The van der Waals surface area contributed by atoms with Crippen LogP contribution in [0, 0.1) is 13.8 Å². The van der Waals surface area contributed by atoms with Crippen molar-refractivity contribution in [2.24, 2.45) is 0 Å². The highest BCUT2D eigenvalue weighted by molar-refractivity contribution is 6.05. The number of Topliss-reactive ketones (excluding diaryl/α,β-unsaturated/α-hetero) is 1. The number of benzene rings is 1. The molecule has 1 heterocycles. The third-order valence-electron chi connectivity index (χ3n) is 4.54. The third kappa shape index (κ3) is 3.99. The van der Waals surface area contributed by atoms with Crippen LogP contribution in [0.4, 0.5) is 0 Å². The minimum absolute atomic E-state index is 0.186. The van der Waals surface area contributed by atoms with Crippen LogP contribution in [0.25, 0.3) is 0 Å². The minimum Gasteiger partial charge on any atom is -0.493 e. The normalized spacial score (nSPS) is 11.8. The number of methoxy groups -OCH3 is 1. The summed E-state index contributed by atoms with van der Waals surface area (Å²) >= 11 is 0. The average molecular weight is 373 g/mol. The molecular formula is C21H27NO5. The fraction of sp³-hybridized carbons (Fsp3) is 0.429. The maximum absolute atomic E-state index is 13.1. The van der Waals surface area contributed by atoms with Gasteiger partial charge in [0.2, 0.25) is 5.78 Å². The van der Waals surface area contributed by atoms with E-state index in [1.165, 1.54) is 0 Å². The highest BCUT2D eigenvalue weighted by Crippen LogP contribution is 2.29. The van der Waals surface area contributed by atoms with E-state index in [0.29, 0.717) is 34.9 Å². The maximum Gasteiger partial charge on any atom is 0.355 e. The van der Waals surface area contributed by atoms with Crippen LogP contribution in [0.5, 0.6) is 11.5 Å². The van der Waals surface area contributed by atoms with Crippen LogP contribution in [0.1, 0.15) is 52.9 Å². The van der Waals surface area contributed by atoms with Gasteiger partial charge in [-0.2, -0.15) is 0 Å². The third-order valence-corrected chi connectivity index (χ3v) is 4.54. The van der Waals surface area contributed by atoms with Crippen molar-refractivity contribution in [3.8, 4) is 11.5 Å². The van der Waals surface area contributed by atoms with Gasteiger partial charge in [0.25, 0.3) is 0 Å². The molecule has 1 atom stereocenters. The topological polar surface area (TPSA) is 66.8 Å². The molecule has 0 saturated heterocycles. The molecule has 27 heavy (non-hydrogen) atoms. The van der Waals surface area contributed by atoms with Crippen LogP contribution >= 0.6 is 0 Å². The molecule has 0 aliphatic rings. The summed E-state index contributed by atoms with van der Waals surface area (Å²) in [5.74, 6) is 0.451. The van der Waals surface area contributed by atoms with Gasteiger partial charge in [-0.1, -0.05) is 12.1 Å². The van der Waals surface area contributed by atoms with Gasteiger partial charge in [-0.15, -0.1) is 0 Å². The first-order chi connectivity index (χ1) is 12.9. The van der Waals surface area contributed by atoms with E-state index in [9.17, 15) is 9.59 Å². The van der Waals surface area contributed by atoms with Crippen molar-refractivity contribution in [1.82, 2.24) is 4.57 Å². The molecule has 0 aliphatic heterocycles. The second-order valence-corrected chi connectivity index (χ2v) is 6.17. The number of esters is 1. The van der Waals surface area contributed by atoms with Crippen LogP contribution in [0.3, 0.4) is 0 Å². The molecular weight excluding hydrogens is 346 g/mol. The fourth-order valence-electron chi connectivity index (χ4n) is 3.28. The molecule has 1 aromatic carbocycles. The molecule has 2 rings (SSSR count). The zero-order valence-electron chi connectivity index (χ0n) is 16.8. The lowest BCUT2D eigenvalue weighted by Crippen LogP contribution is -2.25. The summed E-state index contributed by atoms with van der Waals surface area (Å²) in [5.41, 5.74) is 2.28. The van der Waals surface area contributed by atoms with Crippen molar-refractivity contribution in [1.29, 1.82) is 0 Å². The van der Waals surface area contributed by atoms with E-state index in [2.05, 4.69) is 0 Å². The summed E-state index contributed by atoms with van der Waals surface area (Å²) < 4.78 is 18.1. The predicted octanol–water partition coefficient (Wildman–Crippen LogP) is 3.96. The van der Waals surface area contributed by atoms with Crippen LogP contribution in [-0.2, 0) is 11.3 Å². The van der Waals surface area contributed by atoms with Gasteiger partial charge in [-0.3, -0.25) is 4.79 Å². The van der Waals surface area contributed by atoms with Crippen molar-refractivity contribution >= 4 is 11.8 Å². The first-order valence-corrected chi connectivity index (χ1v) is 9.07. The molecule has 0 spiro atoms. The molecule has 0 fully saturated rings. The van der Waals surface area contributed by atoms with Crippen LogP contribution in [0.2, 0.25) is 0 Å². The maximum atomic E-state index is 13.1. The Kier molecular flexibility index (Phi) is 6.66. The number of carbonyl (C=O) groups is 2. The molecule has 0 radical (unpaired) electrons. The van der Waals surface area contributed by atoms with E-state index in [0.717, 1.165) is 5.69 Å². The number of hydrogen-bond acceptors (Lipinski definition) is 5. The Morgan fingerprint density at radius 1 is 1.11 bits per heavy atom. The number of rotatable bonds is 8. The van der Waals surface area contributed by atoms with E-state index in [4.69, 9.17) is 14.2 Å². The molecule has 0 saturated carbocycles. The molecule has 1 unspecified atom stereocenters. The predicted molar refractivity (Wildman–Crippen MR) is 103 cm³/mol. The Morgan fingerprint density at radius 3 is 2.30 bits per heavy atom. The number of carbonyl (C=O) groups excluding carboxylic acids is 2. The number of ether oxygens (including phenoxy) is 3. The molecule has 0 bridgehead atoms. The van der Waals surface area contributed by atoms with Crippen LogP contribution < -0.4 is 9.47 Å². The Balaban J connectivity index is 2.39. The quantitative estimate of drug-likeness (QED) is 0.518. The SMILES string of the molecule is CCOC(=O)c1c(C)c(C(=O)C(C)Oc2ccccc2OC)c(C)n1CC. The first-order valence-electron chi connectivity index (χ1n) is 9.07. The molecule has 146 valence electrons. The van der Waals surface area contributed by atoms with Gasteiger partial charge in [0, 0.05) is 17.8 Å². The van der Waals surface area contributed by atoms with Crippen molar-refractivity contribution in [2.45, 2.75) is 47.3 Å². The number of aromatic nitrogens is 1. The van der Waals surface area contributed by atoms with E-state index < -0.39 is 12.1 Å². The minimum atomic E-state index is -0.735. The number of para-hydroxylation sites is 2. The van der Waals surface area contributed by atoms with E-state index in [1.807, 2.05) is 30.5 Å². The van der Waals surface area contributed by atoms with Crippen LogP contribution in [-0.4, -0.2) is 36.1 Å². The summed E-state index contributed by atoms with van der Waals surface area (Å²) in [4.78, 5) is 25.5. The van der Waals surface area contributed by atoms with E-state index in [-0.39, 0.29) is 12.4 Å². The fourth-order valence-corrected chi connectivity index (χ4v) is 3.28. The number of nitrogens with zero attached hydrogens (tertiary/aromatic N) is 1. The van der Waals surface area contributed by atoms with E-state index in [1.54, 1.807) is 40.0 Å². The summed E-state index contributed by atoms with van der Waals surface area (Å²) in [6.07, 6.45) is -0.735. The summed E-state index contributed by atoms with van der Waals surface area (Å²) in [6, 6.07) is 7.18. The number of ketones is 1. The zero-order valence-corrected chi connectivity index (χ0v) is 16.8. The second kappa shape index (κ2) is 8.75. The standard InChI is InChI=1S/C21H27NO5/c1-7-22-14(4)18(13(3)19(22)21(24)26-8-2)20(23)15(5)27-17-12-10-9-11-16(17)25-6/h9-12,15H,7-8H2,1-6H3. The molecule has 1 aromatic heterocycles. The molecule has 0 amide bonds. The Morgan fingerprint density at radius 2 is 1.74 bits per heavy atom. The van der Waals surface area contributed by atoms with Crippen LogP contribution in [0.15, 0.2) is 24.3 Å². The van der Waals surface area contributed by atoms with Crippen molar-refractivity contribution in [2.75, 3.05) is 13.7 Å². The molecule has 0 N–H and O–H groups in total. The van der Waals surface area contributed by atoms with Gasteiger partial charge in [0.05, 0.1) is 13.7 Å². The Labute approximate surface area is 160 Å². The molecule has 6 nitrogen and oxygen atoms in total. The van der Waals surface area contributed by atoms with E-state index >= 15 is 0 Å². The number of hydrogen-bond donors (Lipinski definition) is 0. The molecule has 2 aromatic rings. The van der Waals surface area contributed by atoms with Gasteiger partial charge < -0.3 is 18.8 Å². The largest absolute Gasteiger partial charge is 0.493 e. The molecule has 0 aliphatic carbocycles. The van der Waals surface area contributed by atoms with Gasteiger partial charge in [0.15, 0.2) is 17.6 Å². The Bertz CT molecular complexity index is 837. The Hall–Kier alpha value is -2.76. The lowest BCUT2D eigenvalue weighted by Gasteiger charge is -2.16. The summed E-state index contributed by atoms with van der Waals surface area (Å²) in [5, 5.41) is 0. The van der Waals surface area contributed by atoms with Crippen molar-refractivity contribution in [3.63, 3.8) is 0 Å². The highest BCUT2D eigenvalue weighted by atomic mass is 16.5. The highest BCUT2D eigenvalue weighted by Gasteiger charge is 2.29. The van der Waals surface area contributed by atoms with Crippen molar-refractivity contribution < 1.29 is 23.8 Å². The van der Waals surface area contributed by atoms with Gasteiger partial charge in [-0.25, -0.2) is 4.79 Å². The lowest BCUT2D eigenvalue weighted by atomic mass is 10.0. The second-order valence-electron chi connectivity index (χ2n) is 6.17. The van der Waals surface area contributed by atoms with Gasteiger partial charge in [0.1, 0.15) is 5.69 Å². The first kappa shape index (κ1) is 20.6. The lowest BCUT2D eigenvalue weighted by molar-refractivity contribution is 0.0512. The van der Waals surface area contributed by atoms with Crippen molar-refractivity contribution in [3.05, 3.63) is 46.8 Å². The zero-order chi connectivity index (χ0) is 20.1. The smallest absolute Gasteiger partial charge is 0.355 e. The van der Waals surface area contributed by atoms with Gasteiger partial charge >= 0.3 is 5.97 Å². The average Bonchev–Trinajstić information content (AvgIpc) is 2.91. The van der Waals surface area contributed by atoms with Gasteiger partial charge in [-0.05, 0) is 52.3 Å². The molecule has 6 heteroatoms. The summed E-state index contributed by atoms with van der Waals surface area (Å²) in [6.45, 7) is 9.84. The monoisotopic (exact) mass is 373 g/mol. The summed E-state index contributed by atoms with van der Waals surface area (Å²) in [7, 11) is 1.55.